The summed E-state index contributed by atoms with van der Waals surface area (Å²) in [6, 6.07) is 17.4. The molecule has 0 radical (unpaired) electrons. The van der Waals surface area contributed by atoms with Crippen molar-refractivity contribution >= 4 is 5.69 Å². The van der Waals surface area contributed by atoms with Crippen LogP contribution in [0.25, 0.3) is 22.4 Å². The largest absolute Gasteiger partial charge is 0.416 e. The van der Waals surface area contributed by atoms with E-state index < -0.39 is 11.7 Å². The van der Waals surface area contributed by atoms with E-state index >= 15 is 0 Å². The fourth-order valence-electron chi connectivity index (χ4n) is 4.39. The van der Waals surface area contributed by atoms with Gasteiger partial charge in [0.1, 0.15) is 0 Å². The number of nitrogens with zero attached hydrogens (tertiary/aromatic N) is 2. The molecule has 6 rings (SSSR count). The van der Waals surface area contributed by atoms with E-state index in [1.165, 1.54) is 12.1 Å². The zero-order valence-corrected chi connectivity index (χ0v) is 15.2. The standard InChI is InChI=1S/C23H19F3N2/c24-23(25,26)18-8-4-7-17(13-18)19-14-20(15-5-2-1-3-6-15)27-21-16-9-11-28(12-10-16)22(19)21/h1-8,13-14,16H,9-12H2. The Kier molecular flexibility index (Phi) is 3.93. The highest BCUT2D eigenvalue weighted by Crippen LogP contribution is 2.47. The SMILES string of the molecule is FC(F)(F)c1cccc(-c2cc(-c3ccccc3)nc3c2N2CCC3CC2)c1. The van der Waals surface area contributed by atoms with Gasteiger partial charge in [-0.3, -0.25) is 4.98 Å². The second-order valence-electron chi connectivity index (χ2n) is 7.49. The van der Waals surface area contributed by atoms with Gasteiger partial charge in [0.2, 0.25) is 0 Å². The Morgan fingerprint density at radius 3 is 2.29 bits per heavy atom. The maximum absolute atomic E-state index is 13.3. The predicted octanol–water partition coefficient (Wildman–Crippen LogP) is 6.13. The summed E-state index contributed by atoms with van der Waals surface area (Å²) < 4.78 is 39.9. The van der Waals surface area contributed by atoms with Crippen LogP contribution in [0, 0.1) is 0 Å². The molecule has 0 amide bonds. The number of fused-ring (bicyclic) bond motifs is 2. The molecule has 4 heterocycles. The lowest BCUT2D eigenvalue weighted by atomic mass is 9.83. The summed E-state index contributed by atoms with van der Waals surface area (Å²) in [6.45, 7) is 1.88. The number of pyridine rings is 1. The average molecular weight is 380 g/mol. The molecule has 2 nitrogen and oxygen atoms in total. The second-order valence-corrected chi connectivity index (χ2v) is 7.49. The molecule has 0 aliphatic carbocycles. The maximum atomic E-state index is 13.3. The number of rotatable bonds is 2. The number of hydrogen-bond acceptors (Lipinski definition) is 2. The molecule has 0 saturated carbocycles. The molecule has 0 atom stereocenters. The molecule has 3 aromatic rings. The van der Waals surface area contributed by atoms with Gasteiger partial charge in [0.25, 0.3) is 0 Å². The Bertz CT molecular complexity index is 1020. The predicted molar refractivity (Wildman–Crippen MR) is 104 cm³/mol. The summed E-state index contributed by atoms with van der Waals surface area (Å²) in [7, 11) is 0. The summed E-state index contributed by atoms with van der Waals surface area (Å²) in [5.74, 6) is 0.383. The molecular weight excluding hydrogens is 361 g/mol. The number of alkyl halides is 3. The molecule has 2 aromatic carbocycles. The normalized spacial score (nSPS) is 16.3. The van der Waals surface area contributed by atoms with E-state index in [9.17, 15) is 13.2 Å². The van der Waals surface area contributed by atoms with Gasteiger partial charge in [-0.1, -0.05) is 42.5 Å². The maximum Gasteiger partial charge on any atom is 0.416 e. The first kappa shape index (κ1) is 17.3. The molecule has 1 fully saturated rings. The van der Waals surface area contributed by atoms with Gasteiger partial charge in [-0.25, -0.2) is 0 Å². The van der Waals surface area contributed by atoms with E-state index in [2.05, 4.69) is 4.90 Å². The lowest BCUT2D eigenvalue weighted by molar-refractivity contribution is -0.137. The fraction of sp³-hybridized carbons (Fsp3) is 0.261. The first-order valence-electron chi connectivity index (χ1n) is 9.53. The molecule has 5 heteroatoms. The smallest absolute Gasteiger partial charge is 0.370 e. The lowest BCUT2D eigenvalue weighted by Gasteiger charge is -2.42. The van der Waals surface area contributed by atoms with Crippen molar-refractivity contribution in [3.63, 3.8) is 0 Å². The molecule has 3 aliphatic heterocycles. The molecule has 0 unspecified atom stereocenters. The van der Waals surface area contributed by atoms with E-state index in [-0.39, 0.29) is 0 Å². The Labute approximate surface area is 161 Å². The summed E-state index contributed by atoms with van der Waals surface area (Å²) in [6.07, 6.45) is -2.24. The highest BCUT2D eigenvalue weighted by atomic mass is 19.4. The number of aromatic nitrogens is 1. The number of piperidine rings is 1. The zero-order valence-electron chi connectivity index (χ0n) is 15.2. The van der Waals surface area contributed by atoms with Crippen molar-refractivity contribution in [2.24, 2.45) is 0 Å². The highest BCUT2D eigenvalue weighted by Gasteiger charge is 2.35. The first-order chi connectivity index (χ1) is 13.5. The molecule has 0 spiro atoms. The van der Waals surface area contributed by atoms with E-state index in [1.54, 1.807) is 6.07 Å². The molecule has 2 bridgehead atoms. The van der Waals surface area contributed by atoms with Crippen LogP contribution in [0.3, 0.4) is 0 Å². The van der Waals surface area contributed by atoms with Crippen molar-refractivity contribution in [1.82, 2.24) is 4.98 Å². The first-order valence-corrected chi connectivity index (χ1v) is 9.53. The molecule has 28 heavy (non-hydrogen) atoms. The van der Waals surface area contributed by atoms with Gasteiger partial charge < -0.3 is 4.90 Å². The van der Waals surface area contributed by atoms with E-state index in [0.29, 0.717) is 11.5 Å². The third-order valence-corrected chi connectivity index (χ3v) is 5.79. The number of benzene rings is 2. The van der Waals surface area contributed by atoms with Crippen molar-refractivity contribution < 1.29 is 13.2 Å². The molecular formula is C23H19F3N2. The number of hydrogen-bond donors (Lipinski definition) is 0. The van der Waals surface area contributed by atoms with Gasteiger partial charge in [-0.05, 0) is 36.6 Å². The van der Waals surface area contributed by atoms with Gasteiger partial charge in [0.05, 0.1) is 22.6 Å². The summed E-state index contributed by atoms with van der Waals surface area (Å²) in [5.41, 5.74) is 4.67. The van der Waals surface area contributed by atoms with Crippen molar-refractivity contribution in [3.8, 4) is 22.4 Å². The van der Waals surface area contributed by atoms with Crippen LogP contribution in [0.4, 0.5) is 18.9 Å². The minimum atomic E-state index is -4.36. The third-order valence-electron chi connectivity index (χ3n) is 5.79. The Hall–Kier alpha value is -2.82. The quantitative estimate of drug-likeness (QED) is 0.531. The van der Waals surface area contributed by atoms with Gasteiger partial charge in [0.15, 0.2) is 0 Å². The zero-order chi connectivity index (χ0) is 19.3. The van der Waals surface area contributed by atoms with E-state index in [4.69, 9.17) is 4.98 Å². The monoisotopic (exact) mass is 380 g/mol. The van der Waals surface area contributed by atoms with Crippen LogP contribution in [0.2, 0.25) is 0 Å². The topological polar surface area (TPSA) is 16.1 Å². The van der Waals surface area contributed by atoms with Crippen molar-refractivity contribution in [1.29, 1.82) is 0 Å². The van der Waals surface area contributed by atoms with Crippen LogP contribution < -0.4 is 4.90 Å². The van der Waals surface area contributed by atoms with Gasteiger partial charge >= 0.3 is 6.18 Å². The van der Waals surface area contributed by atoms with Crippen LogP contribution in [0.1, 0.15) is 30.0 Å². The van der Waals surface area contributed by atoms with Crippen molar-refractivity contribution in [3.05, 3.63) is 71.9 Å². The summed E-state index contributed by atoms with van der Waals surface area (Å²) >= 11 is 0. The van der Waals surface area contributed by atoms with Crippen LogP contribution in [0.15, 0.2) is 60.7 Å². The van der Waals surface area contributed by atoms with Crippen LogP contribution >= 0.6 is 0 Å². The Morgan fingerprint density at radius 2 is 1.57 bits per heavy atom. The van der Waals surface area contributed by atoms with Gasteiger partial charge in [-0.2, -0.15) is 13.2 Å². The Balaban J connectivity index is 1.74. The summed E-state index contributed by atoms with van der Waals surface area (Å²) in [4.78, 5) is 7.24. The number of halogens is 3. The van der Waals surface area contributed by atoms with Gasteiger partial charge in [-0.15, -0.1) is 0 Å². The fourth-order valence-corrected chi connectivity index (χ4v) is 4.39. The minimum absolute atomic E-state index is 0.383. The van der Waals surface area contributed by atoms with E-state index in [0.717, 1.165) is 60.2 Å². The van der Waals surface area contributed by atoms with Crippen molar-refractivity contribution in [2.45, 2.75) is 24.9 Å². The second kappa shape index (κ2) is 6.36. The molecule has 0 N–H and O–H groups in total. The summed E-state index contributed by atoms with van der Waals surface area (Å²) in [5, 5.41) is 0. The highest BCUT2D eigenvalue weighted by molar-refractivity contribution is 5.85. The van der Waals surface area contributed by atoms with Crippen LogP contribution in [-0.4, -0.2) is 18.1 Å². The Morgan fingerprint density at radius 1 is 0.857 bits per heavy atom. The molecule has 142 valence electrons. The minimum Gasteiger partial charge on any atom is -0.370 e. The average Bonchev–Trinajstić information content (AvgIpc) is 2.74. The third kappa shape index (κ3) is 2.86. The molecule has 1 saturated heterocycles. The van der Waals surface area contributed by atoms with Crippen LogP contribution in [0.5, 0.6) is 0 Å². The number of anilines is 1. The molecule has 3 aliphatic rings. The van der Waals surface area contributed by atoms with Crippen LogP contribution in [-0.2, 0) is 6.18 Å². The molecule has 1 aromatic heterocycles. The van der Waals surface area contributed by atoms with Crippen molar-refractivity contribution in [2.75, 3.05) is 18.0 Å². The lowest BCUT2D eigenvalue weighted by Crippen LogP contribution is -2.39. The van der Waals surface area contributed by atoms with E-state index in [1.807, 2.05) is 36.4 Å². The van der Waals surface area contributed by atoms with Gasteiger partial charge in [0, 0.05) is 30.1 Å².